The number of nitrogens with one attached hydrogen (secondary N) is 2. The highest BCUT2D eigenvalue weighted by molar-refractivity contribution is 5.90. The summed E-state index contributed by atoms with van der Waals surface area (Å²) >= 11 is 0. The minimum atomic E-state index is -0.253. The zero-order valence-electron chi connectivity index (χ0n) is 20.8. The lowest BCUT2D eigenvalue weighted by atomic mass is 9.93. The lowest BCUT2D eigenvalue weighted by molar-refractivity contribution is 0.0303. The fraction of sp³-hybridized carbons (Fsp3) is 0.538. The minimum Gasteiger partial charge on any atom is -0.381 e. The molecule has 190 valence electrons. The number of urea groups is 1. The standard InChI is InChI=1S/C26H33N7O3/c1-27-26(34)29-17-5-3-16(4-6-17)23-30-24(32-14-20-11-12-21(15-32)36-20)22-13-28-33(25(22)31-23)18-7-9-19(35-2)10-8-18/h3-6,13,18-21H,7-12,14-15H2,1-2H3,(H2,27,29,34)/t18?,19?,20-,21+. The molecule has 3 aromatic rings. The molecule has 0 unspecified atom stereocenters. The summed E-state index contributed by atoms with van der Waals surface area (Å²) in [5.74, 6) is 1.59. The maximum Gasteiger partial charge on any atom is 0.318 e. The van der Waals surface area contributed by atoms with E-state index in [0.717, 1.165) is 74.0 Å². The Kier molecular flexibility index (Phi) is 6.22. The molecule has 10 nitrogen and oxygen atoms in total. The number of hydrogen-bond acceptors (Lipinski definition) is 7. The first kappa shape index (κ1) is 23.2. The molecule has 4 heterocycles. The lowest BCUT2D eigenvalue weighted by Crippen LogP contribution is -2.43. The molecule has 2 saturated heterocycles. The zero-order valence-corrected chi connectivity index (χ0v) is 20.8. The van der Waals surface area contributed by atoms with Crippen LogP contribution in [-0.4, -0.2) is 71.3 Å². The van der Waals surface area contributed by atoms with Gasteiger partial charge < -0.3 is 25.0 Å². The summed E-state index contributed by atoms with van der Waals surface area (Å²) in [4.78, 5) is 24.1. The Balaban J connectivity index is 1.39. The number of amides is 2. The number of carbonyl (C=O) groups excluding carboxylic acids is 1. The van der Waals surface area contributed by atoms with Crippen LogP contribution in [0, 0.1) is 0 Å². The number of benzene rings is 1. The Hall–Kier alpha value is -3.24. The van der Waals surface area contributed by atoms with Gasteiger partial charge in [-0.05, 0) is 62.8 Å². The number of ether oxygens (including phenoxy) is 2. The minimum absolute atomic E-state index is 0.253. The van der Waals surface area contributed by atoms with Gasteiger partial charge in [-0.2, -0.15) is 5.10 Å². The van der Waals surface area contributed by atoms with E-state index in [0.29, 0.717) is 23.7 Å². The number of methoxy groups -OCH3 is 1. The molecule has 2 amide bonds. The molecule has 1 saturated carbocycles. The highest BCUT2D eigenvalue weighted by Gasteiger charge is 2.36. The molecule has 10 heteroatoms. The van der Waals surface area contributed by atoms with Crippen molar-refractivity contribution in [2.45, 2.75) is 62.9 Å². The van der Waals surface area contributed by atoms with Gasteiger partial charge >= 0.3 is 6.03 Å². The zero-order chi connectivity index (χ0) is 24.6. The number of nitrogens with zero attached hydrogens (tertiary/aromatic N) is 5. The van der Waals surface area contributed by atoms with Crippen molar-refractivity contribution >= 4 is 28.6 Å². The van der Waals surface area contributed by atoms with Gasteiger partial charge in [0.15, 0.2) is 11.5 Å². The average molecular weight is 492 g/mol. The number of rotatable bonds is 5. The molecule has 2 atom stereocenters. The van der Waals surface area contributed by atoms with Gasteiger partial charge in [-0.15, -0.1) is 0 Å². The van der Waals surface area contributed by atoms with Crippen molar-refractivity contribution in [2.75, 3.05) is 37.5 Å². The molecule has 3 fully saturated rings. The summed E-state index contributed by atoms with van der Waals surface area (Å²) in [6.07, 6.45) is 9.07. The SMILES string of the molecule is CNC(=O)Nc1ccc(-c2nc(N3C[C@H]4CC[C@@H](C3)O4)c3cnn(C4CCC(OC)CC4)c3n2)cc1. The average Bonchev–Trinajstić information content (AvgIpc) is 3.50. The molecule has 2 aromatic heterocycles. The van der Waals surface area contributed by atoms with Crippen LogP contribution in [0.25, 0.3) is 22.4 Å². The van der Waals surface area contributed by atoms with E-state index >= 15 is 0 Å². The summed E-state index contributed by atoms with van der Waals surface area (Å²) in [5.41, 5.74) is 2.49. The molecule has 2 bridgehead atoms. The van der Waals surface area contributed by atoms with Gasteiger partial charge in [0.25, 0.3) is 0 Å². The second-order valence-corrected chi connectivity index (χ2v) is 10.0. The van der Waals surface area contributed by atoms with Gasteiger partial charge in [-0.1, -0.05) is 0 Å². The third-order valence-electron chi connectivity index (χ3n) is 7.73. The highest BCUT2D eigenvalue weighted by Crippen LogP contribution is 2.36. The molecule has 2 aliphatic heterocycles. The Morgan fingerprint density at radius 1 is 1.03 bits per heavy atom. The molecule has 1 aliphatic carbocycles. The molecular weight excluding hydrogens is 458 g/mol. The lowest BCUT2D eigenvalue weighted by Gasteiger charge is -2.33. The van der Waals surface area contributed by atoms with Crippen molar-refractivity contribution < 1.29 is 14.3 Å². The van der Waals surface area contributed by atoms with Crippen LogP contribution >= 0.6 is 0 Å². The number of fused-ring (bicyclic) bond motifs is 3. The molecule has 0 radical (unpaired) electrons. The number of carbonyl (C=O) groups is 1. The first-order valence-corrected chi connectivity index (χ1v) is 12.9. The van der Waals surface area contributed by atoms with Crippen LogP contribution in [0.3, 0.4) is 0 Å². The van der Waals surface area contributed by atoms with E-state index in [9.17, 15) is 4.79 Å². The third-order valence-corrected chi connectivity index (χ3v) is 7.73. The second-order valence-electron chi connectivity index (χ2n) is 10.0. The fourth-order valence-electron chi connectivity index (χ4n) is 5.76. The van der Waals surface area contributed by atoms with Crippen LogP contribution in [0.15, 0.2) is 30.5 Å². The maximum absolute atomic E-state index is 11.7. The number of morpholine rings is 1. The van der Waals surface area contributed by atoms with Crippen LogP contribution in [0.1, 0.15) is 44.6 Å². The van der Waals surface area contributed by atoms with Crippen LogP contribution < -0.4 is 15.5 Å². The van der Waals surface area contributed by atoms with Gasteiger partial charge in [-0.25, -0.2) is 19.4 Å². The molecule has 36 heavy (non-hydrogen) atoms. The summed E-state index contributed by atoms with van der Waals surface area (Å²) in [5, 5.41) is 11.2. The summed E-state index contributed by atoms with van der Waals surface area (Å²) in [6, 6.07) is 7.68. The van der Waals surface area contributed by atoms with Gasteiger partial charge in [0.1, 0.15) is 5.82 Å². The van der Waals surface area contributed by atoms with E-state index in [1.54, 1.807) is 14.2 Å². The predicted octanol–water partition coefficient (Wildman–Crippen LogP) is 3.74. The Morgan fingerprint density at radius 3 is 2.42 bits per heavy atom. The summed E-state index contributed by atoms with van der Waals surface area (Å²) < 4.78 is 13.8. The number of hydrogen-bond donors (Lipinski definition) is 2. The van der Waals surface area contributed by atoms with Crippen LogP contribution in [0.5, 0.6) is 0 Å². The second kappa shape index (κ2) is 9.67. The number of anilines is 2. The van der Waals surface area contributed by atoms with E-state index in [-0.39, 0.29) is 18.2 Å². The Bertz CT molecular complexity index is 1220. The summed E-state index contributed by atoms with van der Waals surface area (Å²) in [6.45, 7) is 1.67. The van der Waals surface area contributed by atoms with Gasteiger partial charge in [0.2, 0.25) is 0 Å². The fourth-order valence-corrected chi connectivity index (χ4v) is 5.76. The molecular formula is C26H33N7O3. The van der Waals surface area contributed by atoms with E-state index in [2.05, 4.69) is 20.2 Å². The predicted molar refractivity (Wildman–Crippen MR) is 137 cm³/mol. The quantitative estimate of drug-likeness (QED) is 0.560. The Morgan fingerprint density at radius 2 is 1.75 bits per heavy atom. The molecule has 1 aromatic carbocycles. The van der Waals surface area contributed by atoms with Gasteiger partial charge in [-0.3, -0.25) is 0 Å². The topological polar surface area (TPSA) is 106 Å². The van der Waals surface area contributed by atoms with E-state index in [1.807, 2.05) is 30.5 Å². The third kappa shape index (κ3) is 4.39. The number of aromatic nitrogens is 4. The van der Waals surface area contributed by atoms with Crippen molar-refractivity contribution in [3.05, 3.63) is 30.5 Å². The largest absolute Gasteiger partial charge is 0.381 e. The van der Waals surface area contributed by atoms with E-state index < -0.39 is 0 Å². The Labute approximate surface area is 210 Å². The molecule has 6 rings (SSSR count). The first-order chi connectivity index (χ1) is 17.6. The normalized spacial score (nSPS) is 25.8. The smallest absolute Gasteiger partial charge is 0.318 e. The van der Waals surface area contributed by atoms with Crippen molar-refractivity contribution in [3.63, 3.8) is 0 Å². The van der Waals surface area contributed by atoms with Crippen molar-refractivity contribution in [1.29, 1.82) is 0 Å². The molecule has 3 aliphatic rings. The van der Waals surface area contributed by atoms with Crippen LogP contribution in [-0.2, 0) is 9.47 Å². The molecule has 0 spiro atoms. The summed E-state index contributed by atoms with van der Waals surface area (Å²) in [7, 11) is 3.39. The highest BCUT2D eigenvalue weighted by atomic mass is 16.5. The monoisotopic (exact) mass is 491 g/mol. The maximum atomic E-state index is 11.7. The van der Waals surface area contributed by atoms with Crippen LogP contribution in [0.4, 0.5) is 16.3 Å². The van der Waals surface area contributed by atoms with E-state index in [4.69, 9.17) is 24.5 Å². The molecule has 2 N–H and O–H groups in total. The first-order valence-electron chi connectivity index (χ1n) is 12.9. The van der Waals surface area contributed by atoms with Gasteiger partial charge in [0, 0.05) is 38.5 Å². The van der Waals surface area contributed by atoms with Crippen molar-refractivity contribution in [2.24, 2.45) is 0 Å². The van der Waals surface area contributed by atoms with Crippen molar-refractivity contribution in [1.82, 2.24) is 25.1 Å². The van der Waals surface area contributed by atoms with Gasteiger partial charge in [0.05, 0.1) is 35.9 Å². The van der Waals surface area contributed by atoms with E-state index in [1.165, 1.54) is 0 Å². The van der Waals surface area contributed by atoms with Crippen LogP contribution in [0.2, 0.25) is 0 Å². The van der Waals surface area contributed by atoms with Crippen molar-refractivity contribution in [3.8, 4) is 11.4 Å².